The summed E-state index contributed by atoms with van der Waals surface area (Å²) in [6.45, 7) is 10.0. The standard InChI is InChI=1S/C24H39N3O4.2ClH/c1-29-23-15-20(16-27-11-5-24(19-27)6-13-30-14-7-24)3-4-22(23)31-18-21(28)17-26-10-2-8-25-9-12-26;;/h3-4,15,21,25,28H,2,5-14,16-19H2,1H3;2*1H. The monoisotopic (exact) mass is 505 g/mol. The Hall–Kier alpha value is -0.800. The number of aliphatic hydroxyl groups excluding tert-OH is 1. The van der Waals surface area contributed by atoms with Gasteiger partial charge in [-0.05, 0) is 68.4 Å². The van der Waals surface area contributed by atoms with E-state index in [1.54, 1.807) is 7.11 Å². The summed E-state index contributed by atoms with van der Waals surface area (Å²) < 4.78 is 17.1. The zero-order valence-corrected chi connectivity index (χ0v) is 21.4. The molecule has 3 fully saturated rings. The van der Waals surface area contributed by atoms with Crippen LogP contribution < -0.4 is 14.8 Å². The Labute approximate surface area is 210 Å². The number of hydrogen-bond acceptors (Lipinski definition) is 7. The van der Waals surface area contributed by atoms with E-state index in [0.29, 0.717) is 17.7 Å². The van der Waals surface area contributed by atoms with Gasteiger partial charge < -0.3 is 24.6 Å². The quantitative estimate of drug-likeness (QED) is 0.562. The van der Waals surface area contributed by atoms with E-state index < -0.39 is 6.10 Å². The van der Waals surface area contributed by atoms with Gasteiger partial charge in [-0.2, -0.15) is 0 Å². The van der Waals surface area contributed by atoms with E-state index in [1.165, 1.54) is 24.8 Å². The lowest BCUT2D eigenvalue weighted by Gasteiger charge is -2.33. The van der Waals surface area contributed by atoms with Crippen molar-refractivity contribution in [3.8, 4) is 11.5 Å². The van der Waals surface area contributed by atoms with E-state index in [9.17, 15) is 5.11 Å². The van der Waals surface area contributed by atoms with Crippen LogP contribution in [0.2, 0.25) is 0 Å². The van der Waals surface area contributed by atoms with E-state index in [0.717, 1.165) is 71.2 Å². The first-order chi connectivity index (χ1) is 15.2. The number of β-amino-alcohol motifs (C(OH)–C–C–N with tert-alkyl or cyclic N) is 1. The van der Waals surface area contributed by atoms with Crippen molar-refractivity contribution in [2.75, 3.05) is 72.7 Å². The van der Waals surface area contributed by atoms with Crippen LogP contribution in [0.15, 0.2) is 18.2 Å². The highest BCUT2D eigenvalue weighted by Crippen LogP contribution is 2.40. The van der Waals surface area contributed by atoms with Crippen molar-refractivity contribution >= 4 is 24.8 Å². The summed E-state index contributed by atoms with van der Waals surface area (Å²) in [5.74, 6) is 1.44. The summed E-state index contributed by atoms with van der Waals surface area (Å²) in [7, 11) is 1.68. The molecule has 0 aromatic heterocycles. The topological polar surface area (TPSA) is 66.4 Å². The molecule has 1 aromatic carbocycles. The number of nitrogens with zero attached hydrogens (tertiary/aromatic N) is 2. The van der Waals surface area contributed by atoms with Crippen molar-refractivity contribution in [1.29, 1.82) is 0 Å². The lowest BCUT2D eigenvalue weighted by atomic mass is 9.80. The third-order valence-electron chi connectivity index (χ3n) is 7.04. The molecule has 0 bridgehead atoms. The summed E-state index contributed by atoms with van der Waals surface area (Å²) in [5, 5.41) is 13.8. The number of ether oxygens (including phenoxy) is 3. The first-order valence-electron chi connectivity index (χ1n) is 11.9. The lowest BCUT2D eigenvalue weighted by Crippen LogP contribution is -2.37. The van der Waals surface area contributed by atoms with Gasteiger partial charge >= 0.3 is 0 Å². The molecule has 1 aromatic rings. The Balaban J connectivity index is 0.00000193. The molecule has 7 nitrogen and oxygen atoms in total. The molecule has 1 atom stereocenters. The average Bonchev–Trinajstić information content (AvgIpc) is 2.98. The van der Waals surface area contributed by atoms with Gasteiger partial charge in [0.25, 0.3) is 0 Å². The largest absolute Gasteiger partial charge is 0.493 e. The van der Waals surface area contributed by atoms with Crippen LogP contribution in [0.4, 0.5) is 0 Å². The maximum absolute atomic E-state index is 10.4. The van der Waals surface area contributed by atoms with Crippen LogP contribution in [0.5, 0.6) is 11.5 Å². The number of likely N-dealkylation sites (tertiary alicyclic amines) is 1. The first kappa shape index (κ1) is 28.4. The van der Waals surface area contributed by atoms with Gasteiger partial charge in [-0.3, -0.25) is 9.80 Å². The fourth-order valence-corrected chi connectivity index (χ4v) is 5.18. The minimum absolute atomic E-state index is 0. The van der Waals surface area contributed by atoms with Gasteiger partial charge in [0, 0.05) is 45.9 Å². The highest BCUT2D eigenvalue weighted by Gasteiger charge is 2.39. The van der Waals surface area contributed by atoms with E-state index in [4.69, 9.17) is 14.2 Å². The molecule has 0 radical (unpaired) electrons. The maximum atomic E-state index is 10.4. The Morgan fingerprint density at radius 3 is 2.67 bits per heavy atom. The van der Waals surface area contributed by atoms with Crippen molar-refractivity contribution in [2.24, 2.45) is 5.41 Å². The summed E-state index contributed by atoms with van der Waals surface area (Å²) >= 11 is 0. The molecule has 1 spiro atoms. The van der Waals surface area contributed by atoms with Crippen molar-refractivity contribution < 1.29 is 19.3 Å². The predicted molar refractivity (Wildman–Crippen MR) is 135 cm³/mol. The van der Waals surface area contributed by atoms with Crippen LogP contribution in [-0.2, 0) is 11.3 Å². The minimum atomic E-state index is -0.511. The molecule has 190 valence electrons. The molecule has 0 amide bonds. The van der Waals surface area contributed by atoms with Crippen LogP contribution in [0.1, 0.15) is 31.2 Å². The molecule has 4 rings (SSSR count). The molecule has 9 heteroatoms. The summed E-state index contributed by atoms with van der Waals surface area (Å²) in [6, 6.07) is 6.19. The number of rotatable bonds is 8. The van der Waals surface area contributed by atoms with Gasteiger partial charge in [0.05, 0.1) is 7.11 Å². The second-order valence-electron chi connectivity index (χ2n) is 9.43. The average molecular weight is 507 g/mol. The Morgan fingerprint density at radius 2 is 1.88 bits per heavy atom. The van der Waals surface area contributed by atoms with Gasteiger partial charge in [-0.25, -0.2) is 0 Å². The van der Waals surface area contributed by atoms with Gasteiger partial charge in [0.1, 0.15) is 12.7 Å². The van der Waals surface area contributed by atoms with E-state index in [2.05, 4.69) is 27.2 Å². The van der Waals surface area contributed by atoms with Gasteiger partial charge in [-0.1, -0.05) is 6.07 Å². The molecular formula is C24H41Cl2N3O4. The highest BCUT2D eigenvalue weighted by atomic mass is 35.5. The number of benzene rings is 1. The number of aliphatic hydroxyl groups is 1. The summed E-state index contributed by atoms with van der Waals surface area (Å²) in [4.78, 5) is 4.86. The molecule has 3 heterocycles. The summed E-state index contributed by atoms with van der Waals surface area (Å²) in [6.07, 6.45) is 4.27. The molecule has 0 saturated carbocycles. The van der Waals surface area contributed by atoms with Crippen LogP contribution in [0, 0.1) is 5.41 Å². The van der Waals surface area contributed by atoms with Crippen molar-refractivity contribution in [3.05, 3.63) is 23.8 Å². The lowest BCUT2D eigenvalue weighted by molar-refractivity contribution is 0.0190. The minimum Gasteiger partial charge on any atom is -0.493 e. The van der Waals surface area contributed by atoms with Crippen LogP contribution in [-0.4, -0.2) is 93.8 Å². The predicted octanol–water partition coefficient (Wildman–Crippen LogP) is 2.58. The molecule has 3 aliphatic rings. The SMILES string of the molecule is COc1cc(CN2CCC3(CCOCC3)C2)ccc1OCC(O)CN1CCCNCC1.Cl.Cl. The molecule has 0 aliphatic carbocycles. The maximum Gasteiger partial charge on any atom is 0.161 e. The first-order valence-corrected chi connectivity index (χ1v) is 11.9. The fraction of sp³-hybridized carbons (Fsp3) is 0.750. The summed E-state index contributed by atoms with van der Waals surface area (Å²) in [5.41, 5.74) is 1.70. The molecule has 3 aliphatic heterocycles. The van der Waals surface area contributed by atoms with E-state index in [-0.39, 0.29) is 31.4 Å². The second kappa shape index (κ2) is 13.9. The normalized spacial score (nSPS) is 22.1. The molecule has 1 unspecified atom stereocenters. The molecule has 33 heavy (non-hydrogen) atoms. The van der Waals surface area contributed by atoms with Gasteiger partial charge in [-0.15, -0.1) is 24.8 Å². The van der Waals surface area contributed by atoms with Crippen molar-refractivity contribution in [3.63, 3.8) is 0 Å². The van der Waals surface area contributed by atoms with Crippen LogP contribution >= 0.6 is 24.8 Å². The molecule has 2 N–H and O–H groups in total. The fourth-order valence-electron chi connectivity index (χ4n) is 5.18. The Bertz CT molecular complexity index is 698. The zero-order valence-electron chi connectivity index (χ0n) is 19.8. The van der Waals surface area contributed by atoms with E-state index >= 15 is 0 Å². The Kier molecular flexibility index (Phi) is 12.0. The van der Waals surface area contributed by atoms with Gasteiger partial charge in [0.2, 0.25) is 0 Å². The van der Waals surface area contributed by atoms with Gasteiger partial charge in [0.15, 0.2) is 11.5 Å². The van der Waals surface area contributed by atoms with Crippen LogP contribution in [0.25, 0.3) is 0 Å². The smallest absolute Gasteiger partial charge is 0.161 e. The Morgan fingerprint density at radius 1 is 1.06 bits per heavy atom. The number of hydrogen-bond donors (Lipinski definition) is 2. The second-order valence-corrected chi connectivity index (χ2v) is 9.43. The van der Waals surface area contributed by atoms with E-state index in [1.807, 2.05) is 6.07 Å². The third kappa shape index (κ3) is 8.13. The molecular weight excluding hydrogens is 465 g/mol. The number of methoxy groups -OCH3 is 1. The number of nitrogens with one attached hydrogen (secondary N) is 1. The zero-order chi connectivity index (χ0) is 21.5. The highest BCUT2D eigenvalue weighted by molar-refractivity contribution is 5.85. The van der Waals surface area contributed by atoms with Crippen molar-refractivity contribution in [2.45, 2.75) is 38.3 Å². The molecule has 3 saturated heterocycles. The number of halogens is 2. The third-order valence-corrected chi connectivity index (χ3v) is 7.04. The van der Waals surface area contributed by atoms with Crippen LogP contribution in [0.3, 0.4) is 0 Å². The van der Waals surface area contributed by atoms with Crippen molar-refractivity contribution in [1.82, 2.24) is 15.1 Å².